The normalized spacial score (nSPS) is 23.5. The van der Waals surface area contributed by atoms with Crippen LogP contribution in [0.15, 0.2) is 10.2 Å². The third-order valence-electron chi connectivity index (χ3n) is 4.50. The summed E-state index contributed by atoms with van der Waals surface area (Å²) in [6, 6.07) is 0.499. The Balaban J connectivity index is 1.64. The van der Waals surface area contributed by atoms with E-state index in [-0.39, 0.29) is 11.6 Å². The Bertz CT molecular complexity index is 420. The number of hydrogen-bond acceptors (Lipinski definition) is 4. The third kappa shape index (κ3) is 4.82. The Labute approximate surface area is 127 Å². The standard InChI is InChI=1S/C16H26N4O/c1-3-5-10-16(18-19-16)11-9-15(21)17-13-14-8-6-7-12-20(14)4-2/h1,14H,4-13H2,2H3,(H,17,21). The highest BCUT2D eigenvalue weighted by Crippen LogP contribution is 2.37. The zero-order valence-electron chi connectivity index (χ0n) is 13.0. The van der Waals surface area contributed by atoms with E-state index in [2.05, 4.69) is 33.3 Å². The van der Waals surface area contributed by atoms with Crippen LogP contribution in [0.25, 0.3) is 0 Å². The SMILES string of the molecule is C#CCCC1(CCC(=O)NCC2CCCCN2CC)N=N1. The van der Waals surface area contributed by atoms with E-state index < -0.39 is 0 Å². The van der Waals surface area contributed by atoms with Gasteiger partial charge in [-0.1, -0.05) is 13.3 Å². The molecule has 1 atom stereocenters. The van der Waals surface area contributed by atoms with E-state index in [0.717, 1.165) is 26.1 Å². The summed E-state index contributed by atoms with van der Waals surface area (Å²) in [5.74, 6) is 2.71. The quantitative estimate of drug-likeness (QED) is 0.698. The van der Waals surface area contributed by atoms with Gasteiger partial charge in [0, 0.05) is 38.3 Å². The van der Waals surface area contributed by atoms with Crippen molar-refractivity contribution < 1.29 is 4.79 Å². The maximum atomic E-state index is 12.0. The first-order chi connectivity index (χ1) is 10.2. The van der Waals surface area contributed by atoms with Crippen LogP contribution >= 0.6 is 0 Å². The van der Waals surface area contributed by atoms with Crippen molar-refractivity contribution in [2.45, 2.75) is 63.6 Å². The van der Waals surface area contributed by atoms with E-state index in [4.69, 9.17) is 6.42 Å². The Hall–Kier alpha value is -1.41. The molecule has 0 aliphatic carbocycles. The lowest BCUT2D eigenvalue weighted by Gasteiger charge is -2.34. The fourth-order valence-corrected chi connectivity index (χ4v) is 3.01. The Morgan fingerprint density at radius 2 is 2.24 bits per heavy atom. The van der Waals surface area contributed by atoms with E-state index >= 15 is 0 Å². The topological polar surface area (TPSA) is 57.1 Å². The number of likely N-dealkylation sites (N-methyl/N-ethyl adjacent to an activating group) is 1. The highest BCUT2D eigenvalue weighted by molar-refractivity contribution is 5.76. The summed E-state index contributed by atoms with van der Waals surface area (Å²) in [6.45, 7) is 5.17. The van der Waals surface area contributed by atoms with Gasteiger partial charge in [-0.15, -0.1) is 12.3 Å². The molecule has 1 N–H and O–H groups in total. The van der Waals surface area contributed by atoms with Crippen LogP contribution in [0.1, 0.15) is 51.9 Å². The predicted octanol–water partition coefficient (Wildman–Crippen LogP) is 2.33. The minimum absolute atomic E-state index is 0.106. The molecule has 1 unspecified atom stereocenters. The number of amides is 1. The molecular weight excluding hydrogens is 264 g/mol. The minimum atomic E-state index is -0.343. The number of likely N-dealkylation sites (tertiary alicyclic amines) is 1. The largest absolute Gasteiger partial charge is 0.355 e. The van der Waals surface area contributed by atoms with Crippen LogP contribution < -0.4 is 5.32 Å². The molecule has 5 heteroatoms. The summed E-state index contributed by atoms with van der Waals surface area (Å²) in [7, 11) is 0. The number of rotatable bonds is 8. The number of carbonyl (C=O) groups excluding carboxylic acids is 1. The van der Waals surface area contributed by atoms with E-state index in [1.54, 1.807) is 0 Å². The van der Waals surface area contributed by atoms with Gasteiger partial charge in [-0.2, -0.15) is 10.2 Å². The van der Waals surface area contributed by atoms with E-state index in [0.29, 0.717) is 25.3 Å². The first-order valence-corrected chi connectivity index (χ1v) is 8.07. The van der Waals surface area contributed by atoms with Gasteiger partial charge < -0.3 is 5.32 Å². The van der Waals surface area contributed by atoms with Crippen LogP contribution in [0.2, 0.25) is 0 Å². The van der Waals surface area contributed by atoms with Crippen molar-refractivity contribution in [1.29, 1.82) is 0 Å². The summed E-state index contributed by atoms with van der Waals surface area (Å²) >= 11 is 0. The van der Waals surface area contributed by atoms with Crippen molar-refractivity contribution in [3.8, 4) is 12.3 Å². The van der Waals surface area contributed by atoms with Crippen molar-refractivity contribution in [3.63, 3.8) is 0 Å². The van der Waals surface area contributed by atoms with Gasteiger partial charge in [-0.05, 0) is 25.9 Å². The number of nitrogens with one attached hydrogen (secondary N) is 1. The highest BCUT2D eigenvalue weighted by Gasteiger charge is 2.39. The van der Waals surface area contributed by atoms with Crippen LogP contribution in [-0.2, 0) is 4.79 Å². The number of carbonyl (C=O) groups is 1. The third-order valence-corrected chi connectivity index (χ3v) is 4.50. The van der Waals surface area contributed by atoms with Gasteiger partial charge in [0.1, 0.15) is 0 Å². The van der Waals surface area contributed by atoms with Gasteiger partial charge in [-0.3, -0.25) is 9.69 Å². The molecular formula is C16H26N4O. The molecule has 0 aromatic carbocycles. The van der Waals surface area contributed by atoms with Crippen molar-refractivity contribution in [1.82, 2.24) is 10.2 Å². The molecule has 0 aromatic heterocycles. The summed E-state index contributed by atoms with van der Waals surface area (Å²) in [5, 5.41) is 11.2. The Morgan fingerprint density at radius 1 is 1.43 bits per heavy atom. The lowest BCUT2D eigenvalue weighted by Crippen LogP contribution is -2.46. The zero-order valence-corrected chi connectivity index (χ0v) is 13.0. The van der Waals surface area contributed by atoms with Gasteiger partial charge in [-0.25, -0.2) is 0 Å². The maximum absolute atomic E-state index is 12.0. The van der Waals surface area contributed by atoms with Crippen LogP contribution in [0.3, 0.4) is 0 Å². The van der Waals surface area contributed by atoms with Crippen molar-refractivity contribution >= 4 is 5.91 Å². The summed E-state index contributed by atoms with van der Waals surface area (Å²) in [5.41, 5.74) is -0.343. The molecule has 0 radical (unpaired) electrons. The molecule has 1 saturated heterocycles. The highest BCUT2D eigenvalue weighted by atomic mass is 16.1. The fourth-order valence-electron chi connectivity index (χ4n) is 3.01. The van der Waals surface area contributed by atoms with E-state index in [1.165, 1.54) is 19.3 Å². The van der Waals surface area contributed by atoms with Gasteiger partial charge in [0.2, 0.25) is 5.91 Å². The molecule has 1 amide bonds. The van der Waals surface area contributed by atoms with Crippen LogP contribution in [0.5, 0.6) is 0 Å². The van der Waals surface area contributed by atoms with Gasteiger partial charge >= 0.3 is 0 Å². The molecule has 0 spiro atoms. The van der Waals surface area contributed by atoms with Gasteiger partial charge in [0.05, 0.1) is 0 Å². The predicted molar refractivity (Wildman–Crippen MR) is 82.8 cm³/mol. The lowest BCUT2D eigenvalue weighted by atomic mass is 10.0. The summed E-state index contributed by atoms with van der Waals surface area (Å²) in [6.07, 6.45) is 11.6. The molecule has 0 bridgehead atoms. The molecule has 116 valence electrons. The molecule has 5 nitrogen and oxygen atoms in total. The molecule has 0 saturated carbocycles. The first kappa shape index (κ1) is 16.0. The molecule has 2 heterocycles. The molecule has 2 rings (SSSR count). The molecule has 1 fully saturated rings. The zero-order chi connectivity index (χ0) is 15.1. The second kappa shape index (κ2) is 7.56. The van der Waals surface area contributed by atoms with Crippen LogP contribution in [0, 0.1) is 12.3 Å². The number of hydrogen-bond donors (Lipinski definition) is 1. The first-order valence-electron chi connectivity index (χ1n) is 8.07. The second-order valence-electron chi connectivity index (χ2n) is 5.97. The maximum Gasteiger partial charge on any atom is 0.220 e. The smallest absolute Gasteiger partial charge is 0.220 e. The number of terminal acetylenes is 1. The monoisotopic (exact) mass is 290 g/mol. The minimum Gasteiger partial charge on any atom is -0.355 e. The van der Waals surface area contributed by atoms with Crippen molar-refractivity contribution in [2.75, 3.05) is 19.6 Å². The van der Waals surface area contributed by atoms with Gasteiger partial charge in [0.25, 0.3) is 0 Å². The summed E-state index contributed by atoms with van der Waals surface area (Å²) < 4.78 is 0. The van der Waals surface area contributed by atoms with Crippen molar-refractivity contribution in [2.24, 2.45) is 10.2 Å². The Kier molecular flexibility index (Phi) is 5.75. The number of piperidine rings is 1. The van der Waals surface area contributed by atoms with Crippen molar-refractivity contribution in [3.05, 3.63) is 0 Å². The fraction of sp³-hybridized carbons (Fsp3) is 0.812. The molecule has 0 aromatic rings. The van der Waals surface area contributed by atoms with Gasteiger partial charge in [0.15, 0.2) is 5.66 Å². The average molecular weight is 290 g/mol. The molecule has 2 aliphatic rings. The summed E-state index contributed by atoms with van der Waals surface area (Å²) in [4.78, 5) is 14.4. The van der Waals surface area contributed by atoms with E-state index in [1.807, 2.05) is 0 Å². The van der Waals surface area contributed by atoms with E-state index in [9.17, 15) is 4.79 Å². The van der Waals surface area contributed by atoms with Crippen LogP contribution in [0.4, 0.5) is 0 Å². The number of nitrogens with zero attached hydrogens (tertiary/aromatic N) is 3. The lowest BCUT2D eigenvalue weighted by molar-refractivity contribution is -0.121. The average Bonchev–Trinajstić information content (AvgIpc) is 3.29. The van der Waals surface area contributed by atoms with Crippen LogP contribution in [-0.4, -0.2) is 42.1 Å². The molecule has 2 aliphatic heterocycles. The second-order valence-corrected chi connectivity index (χ2v) is 5.97. The Morgan fingerprint density at radius 3 is 2.90 bits per heavy atom. The molecule has 21 heavy (non-hydrogen) atoms.